The molecule has 0 bridgehead atoms. The molecule has 1 aromatic heterocycles. The van der Waals surface area contributed by atoms with E-state index in [1.165, 1.54) is 7.11 Å². The molecule has 134 valence electrons. The molecule has 1 saturated heterocycles. The summed E-state index contributed by atoms with van der Waals surface area (Å²) in [6, 6.07) is 3.45. The van der Waals surface area contributed by atoms with E-state index in [4.69, 9.17) is 21.1 Å². The Morgan fingerprint density at radius 3 is 2.76 bits per heavy atom. The monoisotopic (exact) mass is 364 g/mol. The van der Waals surface area contributed by atoms with Crippen LogP contribution in [0.15, 0.2) is 12.1 Å². The van der Waals surface area contributed by atoms with Crippen molar-refractivity contribution in [2.45, 2.75) is 19.8 Å². The zero-order valence-electron chi connectivity index (χ0n) is 14.3. The first-order valence-corrected chi connectivity index (χ1v) is 8.59. The first-order chi connectivity index (χ1) is 12.1. The number of fused-ring (bicyclic) bond motifs is 1. The number of aryl methyl sites for hydroxylation is 1. The molecule has 2 heterocycles. The van der Waals surface area contributed by atoms with Crippen molar-refractivity contribution in [2.24, 2.45) is 5.92 Å². The second kappa shape index (κ2) is 7.95. The molecule has 0 aliphatic carbocycles. The first-order valence-electron chi connectivity index (χ1n) is 8.21. The summed E-state index contributed by atoms with van der Waals surface area (Å²) in [4.78, 5) is 20.6. The van der Waals surface area contributed by atoms with Gasteiger partial charge in [-0.05, 0) is 43.4 Å². The van der Waals surface area contributed by atoms with E-state index < -0.39 is 5.97 Å². The summed E-state index contributed by atoms with van der Waals surface area (Å²) in [6.07, 6.45) is 2.09. The van der Waals surface area contributed by atoms with Crippen molar-refractivity contribution in [3.8, 4) is 0 Å². The van der Waals surface area contributed by atoms with Crippen LogP contribution in [-0.4, -0.2) is 42.8 Å². The minimum Gasteiger partial charge on any atom is -0.465 e. The fraction of sp³-hybridized carbons (Fsp3) is 0.471. The van der Waals surface area contributed by atoms with Gasteiger partial charge in [-0.2, -0.15) is 0 Å². The Bertz CT molecular complexity index is 778. The summed E-state index contributed by atoms with van der Waals surface area (Å²) >= 11 is 6.22. The Morgan fingerprint density at radius 1 is 1.32 bits per heavy atom. The number of esters is 1. The van der Waals surface area contributed by atoms with Gasteiger partial charge in [0, 0.05) is 19.8 Å². The van der Waals surface area contributed by atoms with E-state index in [1.54, 1.807) is 12.1 Å². The second-order valence-corrected chi connectivity index (χ2v) is 6.43. The van der Waals surface area contributed by atoms with Gasteiger partial charge in [0.25, 0.3) is 0 Å². The molecule has 25 heavy (non-hydrogen) atoms. The lowest BCUT2D eigenvalue weighted by Gasteiger charge is -2.22. The Kier molecular flexibility index (Phi) is 5.67. The number of hydrogen-bond donors (Lipinski definition) is 2. The summed E-state index contributed by atoms with van der Waals surface area (Å²) in [7, 11) is 1.35. The number of hydrogen-bond acceptors (Lipinski definition) is 7. The second-order valence-electron chi connectivity index (χ2n) is 6.07. The van der Waals surface area contributed by atoms with Crippen molar-refractivity contribution in [1.29, 1.82) is 0 Å². The van der Waals surface area contributed by atoms with Crippen LogP contribution in [0, 0.1) is 12.8 Å². The van der Waals surface area contributed by atoms with Crippen LogP contribution in [0.5, 0.6) is 0 Å². The predicted octanol–water partition coefficient (Wildman–Crippen LogP) is 2.72. The van der Waals surface area contributed by atoms with Gasteiger partial charge >= 0.3 is 5.97 Å². The van der Waals surface area contributed by atoms with Crippen LogP contribution in [0.3, 0.4) is 0 Å². The number of carbonyl (C=O) groups excluding carboxylic acids is 1. The summed E-state index contributed by atoms with van der Waals surface area (Å²) in [6.45, 7) is 4.26. The van der Waals surface area contributed by atoms with E-state index in [0.29, 0.717) is 28.3 Å². The maximum absolute atomic E-state index is 11.8. The average Bonchev–Trinajstić information content (AvgIpc) is 2.62. The highest BCUT2D eigenvalue weighted by Gasteiger charge is 2.15. The largest absolute Gasteiger partial charge is 0.465 e. The van der Waals surface area contributed by atoms with Gasteiger partial charge in [-0.3, -0.25) is 0 Å². The van der Waals surface area contributed by atoms with Crippen molar-refractivity contribution in [2.75, 3.05) is 32.3 Å². The molecule has 2 N–H and O–H groups in total. The number of carbonyl (C=O) groups is 1. The number of nitrogens with one attached hydrogen (secondary N) is 2. The van der Waals surface area contributed by atoms with Gasteiger partial charge < -0.3 is 14.9 Å². The number of ether oxygens (including phenoxy) is 2. The number of benzene rings is 1. The van der Waals surface area contributed by atoms with Gasteiger partial charge in [0.05, 0.1) is 23.7 Å². The van der Waals surface area contributed by atoms with Gasteiger partial charge in [-0.1, -0.05) is 11.6 Å². The fourth-order valence-corrected chi connectivity index (χ4v) is 3.01. The number of halogens is 1. The number of nitrogens with zero attached hydrogens (tertiary/aromatic N) is 2. The highest BCUT2D eigenvalue weighted by Crippen LogP contribution is 2.24. The van der Waals surface area contributed by atoms with Crippen molar-refractivity contribution in [3.05, 3.63) is 28.4 Å². The van der Waals surface area contributed by atoms with E-state index in [1.807, 2.05) is 6.92 Å². The Morgan fingerprint density at radius 2 is 2.04 bits per heavy atom. The van der Waals surface area contributed by atoms with Crippen LogP contribution in [0.4, 0.5) is 5.82 Å². The molecule has 0 amide bonds. The zero-order chi connectivity index (χ0) is 17.8. The lowest BCUT2D eigenvalue weighted by Crippen LogP contribution is -2.31. The quantitative estimate of drug-likeness (QED) is 0.623. The SMILES string of the molecule is COC(=O)c1cc2nc(Cl)c(NNCC3CCOCC3)nc2cc1C. The first kappa shape index (κ1) is 17.8. The highest BCUT2D eigenvalue weighted by atomic mass is 35.5. The Balaban J connectivity index is 1.75. The van der Waals surface area contributed by atoms with Crippen LogP contribution >= 0.6 is 11.6 Å². The van der Waals surface area contributed by atoms with Gasteiger partial charge in [0.2, 0.25) is 0 Å². The minimum absolute atomic E-state index is 0.242. The van der Waals surface area contributed by atoms with Crippen molar-refractivity contribution < 1.29 is 14.3 Å². The third-order valence-corrected chi connectivity index (χ3v) is 4.58. The molecule has 0 unspecified atom stereocenters. The van der Waals surface area contributed by atoms with Gasteiger partial charge in [0.15, 0.2) is 11.0 Å². The van der Waals surface area contributed by atoms with E-state index in [-0.39, 0.29) is 5.15 Å². The molecule has 3 rings (SSSR count). The topological polar surface area (TPSA) is 85.4 Å². The molecular weight excluding hydrogens is 344 g/mol. The summed E-state index contributed by atoms with van der Waals surface area (Å²) in [5.41, 5.74) is 8.63. The lowest BCUT2D eigenvalue weighted by atomic mass is 10.0. The van der Waals surface area contributed by atoms with Crippen molar-refractivity contribution in [1.82, 2.24) is 15.4 Å². The zero-order valence-corrected chi connectivity index (χ0v) is 15.0. The van der Waals surface area contributed by atoms with Gasteiger partial charge in [-0.25, -0.2) is 20.2 Å². The minimum atomic E-state index is -0.405. The molecule has 1 aliphatic rings. The molecule has 1 fully saturated rings. The standard InChI is InChI=1S/C17H21ClN4O3/c1-10-7-13-14(8-12(10)17(23)24-2)20-15(18)16(21-13)22-19-9-11-3-5-25-6-4-11/h7-8,11,19H,3-6,9H2,1-2H3,(H,21,22). The smallest absolute Gasteiger partial charge is 0.338 e. The number of anilines is 1. The molecule has 0 spiro atoms. The van der Waals surface area contributed by atoms with E-state index >= 15 is 0 Å². The molecule has 8 heteroatoms. The number of rotatable bonds is 5. The molecule has 1 aliphatic heterocycles. The summed E-state index contributed by atoms with van der Waals surface area (Å²) in [5.74, 6) is 0.627. The normalized spacial score (nSPS) is 15.3. The van der Waals surface area contributed by atoms with E-state index in [2.05, 4.69) is 20.8 Å². The molecule has 2 aromatic rings. The summed E-state index contributed by atoms with van der Waals surface area (Å²) < 4.78 is 10.1. The third-order valence-electron chi connectivity index (χ3n) is 4.31. The number of hydrazine groups is 1. The summed E-state index contributed by atoms with van der Waals surface area (Å²) in [5, 5.41) is 0.242. The fourth-order valence-electron chi connectivity index (χ4n) is 2.82. The highest BCUT2D eigenvalue weighted by molar-refractivity contribution is 6.32. The maximum Gasteiger partial charge on any atom is 0.338 e. The Hall–Kier alpha value is -1.96. The lowest BCUT2D eigenvalue weighted by molar-refractivity contribution is 0.0600. The van der Waals surface area contributed by atoms with Crippen LogP contribution in [0.25, 0.3) is 11.0 Å². The molecule has 0 radical (unpaired) electrons. The third kappa shape index (κ3) is 4.18. The maximum atomic E-state index is 11.8. The molecular formula is C17H21ClN4O3. The van der Waals surface area contributed by atoms with Crippen molar-refractivity contribution >= 4 is 34.4 Å². The molecule has 7 nitrogen and oxygen atoms in total. The average molecular weight is 365 g/mol. The van der Waals surface area contributed by atoms with E-state index in [0.717, 1.165) is 38.2 Å². The molecule has 0 saturated carbocycles. The van der Waals surface area contributed by atoms with E-state index in [9.17, 15) is 4.79 Å². The molecule has 0 atom stereocenters. The molecule has 1 aromatic carbocycles. The number of aromatic nitrogens is 2. The Labute approximate surface area is 151 Å². The van der Waals surface area contributed by atoms with Crippen LogP contribution in [0.1, 0.15) is 28.8 Å². The van der Waals surface area contributed by atoms with Crippen LogP contribution in [-0.2, 0) is 9.47 Å². The predicted molar refractivity (Wildman–Crippen MR) is 95.8 cm³/mol. The number of methoxy groups -OCH3 is 1. The van der Waals surface area contributed by atoms with Gasteiger partial charge in [0.1, 0.15) is 0 Å². The van der Waals surface area contributed by atoms with Gasteiger partial charge in [-0.15, -0.1) is 0 Å². The van der Waals surface area contributed by atoms with Crippen LogP contribution in [0.2, 0.25) is 5.15 Å². The van der Waals surface area contributed by atoms with Crippen LogP contribution < -0.4 is 10.9 Å². The van der Waals surface area contributed by atoms with Crippen molar-refractivity contribution in [3.63, 3.8) is 0 Å².